The summed E-state index contributed by atoms with van der Waals surface area (Å²) in [5.41, 5.74) is 0.899. The minimum absolute atomic E-state index is 0.502. The first-order valence-electron chi connectivity index (χ1n) is 5.31. The van der Waals surface area contributed by atoms with E-state index < -0.39 is 12.0 Å². The van der Waals surface area contributed by atoms with E-state index in [1.165, 1.54) is 0 Å². The van der Waals surface area contributed by atoms with Crippen molar-refractivity contribution in [3.8, 4) is 0 Å². The van der Waals surface area contributed by atoms with Gasteiger partial charge >= 0.3 is 5.97 Å². The Morgan fingerprint density at radius 2 is 2.19 bits per heavy atom. The van der Waals surface area contributed by atoms with Crippen LogP contribution in [0.4, 0.5) is 5.69 Å². The Morgan fingerprint density at radius 3 is 2.75 bits per heavy atom. The van der Waals surface area contributed by atoms with Crippen molar-refractivity contribution in [2.75, 3.05) is 11.6 Å². The van der Waals surface area contributed by atoms with Crippen LogP contribution >= 0.6 is 11.8 Å². The van der Waals surface area contributed by atoms with Gasteiger partial charge in [-0.3, -0.25) is 0 Å². The van der Waals surface area contributed by atoms with E-state index in [9.17, 15) is 4.79 Å². The number of benzene rings is 1. The quantitative estimate of drug-likeness (QED) is 0.749. The molecule has 0 radical (unpaired) electrons. The Hall–Kier alpha value is -1.16. The third-order valence-electron chi connectivity index (χ3n) is 2.31. The second-order valence-corrected chi connectivity index (χ2v) is 4.37. The Balaban J connectivity index is 2.80. The maximum Gasteiger partial charge on any atom is 0.326 e. The number of anilines is 1. The van der Waals surface area contributed by atoms with Gasteiger partial charge in [0.15, 0.2) is 0 Å². The number of hydrogen-bond acceptors (Lipinski definition) is 3. The van der Waals surface area contributed by atoms with Gasteiger partial charge < -0.3 is 10.4 Å². The molecule has 0 aliphatic rings. The average molecular weight is 239 g/mol. The van der Waals surface area contributed by atoms with Crippen LogP contribution in [0.5, 0.6) is 0 Å². The Morgan fingerprint density at radius 1 is 1.50 bits per heavy atom. The van der Waals surface area contributed by atoms with Crippen LogP contribution in [0.2, 0.25) is 0 Å². The van der Waals surface area contributed by atoms with Crippen LogP contribution in [-0.4, -0.2) is 23.4 Å². The predicted octanol–water partition coefficient (Wildman–Crippen LogP) is 3.07. The van der Waals surface area contributed by atoms with Gasteiger partial charge in [0.2, 0.25) is 0 Å². The van der Waals surface area contributed by atoms with E-state index in [-0.39, 0.29) is 0 Å². The summed E-state index contributed by atoms with van der Waals surface area (Å²) in [5.74, 6) is -0.794. The number of aliphatic carboxylic acids is 1. The highest BCUT2D eigenvalue weighted by Crippen LogP contribution is 2.25. The van der Waals surface area contributed by atoms with Gasteiger partial charge in [0.1, 0.15) is 6.04 Å². The highest BCUT2D eigenvalue weighted by atomic mass is 32.2. The molecule has 1 aromatic carbocycles. The van der Waals surface area contributed by atoms with E-state index >= 15 is 0 Å². The number of nitrogens with one attached hydrogen (secondary N) is 1. The van der Waals surface area contributed by atoms with Gasteiger partial charge in [-0.15, -0.1) is 11.8 Å². The van der Waals surface area contributed by atoms with Gasteiger partial charge in [-0.05, 0) is 24.8 Å². The first-order chi connectivity index (χ1) is 7.69. The summed E-state index contributed by atoms with van der Waals surface area (Å²) < 4.78 is 0. The molecular formula is C12H17NO2S. The molecule has 1 rings (SSSR count). The van der Waals surface area contributed by atoms with Crippen molar-refractivity contribution in [2.45, 2.75) is 30.7 Å². The van der Waals surface area contributed by atoms with Crippen LogP contribution in [0.3, 0.4) is 0 Å². The van der Waals surface area contributed by atoms with E-state index in [1.54, 1.807) is 11.8 Å². The molecule has 0 aliphatic carbocycles. The molecule has 1 atom stereocenters. The lowest BCUT2D eigenvalue weighted by Gasteiger charge is -2.16. The molecule has 0 fully saturated rings. The minimum Gasteiger partial charge on any atom is -0.480 e. The summed E-state index contributed by atoms with van der Waals surface area (Å²) in [6, 6.07) is 7.26. The molecule has 16 heavy (non-hydrogen) atoms. The van der Waals surface area contributed by atoms with Gasteiger partial charge in [-0.1, -0.05) is 25.5 Å². The monoisotopic (exact) mass is 239 g/mol. The van der Waals surface area contributed by atoms with Crippen molar-refractivity contribution in [3.05, 3.63) is 24.3 Å². The van der Waals surface area contributed by atoms with Crippen LogP contribution in [0.15, 0.2) is 29.2 Å². The van der Waals surface area contributed by atoms with Crippen LogP contribution in [-0.2, 0) is 4.79 Å². The Kier molecular flexibility index (Phi) is 5.19. The number of carbonyl (C=O) groups is 1. The number of carboxylic acids is 1. The van der Waals surface area contributed by atoms with Gasteiger partial charge in [0.05, 0.1) is 0 Å². The minimum atomic E-state index is -0.794. The summed E-state index contributed by atoms with van der Waals surface area (Å²) in [6.45, 7) is 1.98. The standard InChI is InChI=1S/C12H17NO2S/c1-3-6-10(12(14)15)13-9-7-4-5-8-11(9)16-2/h4-5,7-8,10,13H,3,6H2,1-2H3,(H,14,15). The summed E-state index contributed by atoms with van der Waals surface area (Å²) in [5, 5.41) is 12.1. The lowest BCUT2D eigenvalue weighted by molar-refractivity contribution is -0.138. The lowest BCUT2D eigenvalue weighted by Crippen LogP contribution is -2.29. The molecule has 1 aromatic rings. The van der Waals surface area contributed by atoms with E-state index in [2.05, 4.69) is 5.32 Å². The molecule has 0 amide bonds. The summed E-state index contributed by atoms with van der Waals surface area (Å²) in [6.07, 6.45) is 3.47. The molecule has 0 heterocycles. The van der Waals surface area contributed by atoms with Gasteiger partial charge in [-0.2, -0.15) is 0 Å². The molecule has 0 saturated carbocycles. The lowest BCUT2D eigenvalue weighted by atomic mass is 10.1. The SMILES string of the molecule is CCCC(Nc1ccccc1SC)C(=O)O. The molecule has 2 N–H and O–H groups in total. The second kappa shape index (κ2) is 6.43. The fraction of sp³-hybridized carbons (Fsp3) is 0.417. The molecule has 0 saturated heterocycles. The van der Waals surface area contributed by atoms with E-state index in [4.69, 9.17) is 5.11 Å². The fourth-order valence-electron chi connectivity index (χ4n) is 1.50. The number of thioether (sulfide) groups is 1. The third kappa shape index (κ3) is 3.45. The van der Waals surface area contributed by atoms with Crippen molar-refractivity contribution in [2.24, 2.45) is 0 Å². The van der Waals surface area contributed by atoms with Crippen molar-refractivity contribution >= 4 is 23.4 Å². The highest BCUT2D eigenvalue weighted by Gasteiger charge is 2.16. The first-order valence-corrected chi connectivity index (χ1v) is 6.53. The molecule has 0 aromatic heterocycles. The zero-order chi connectivity index (χ0) is 12.0. The summed E-state index contributed by atoms with van der Waals surface area (Å²) >= 11 is 1.61. The van der Waals surface area contributed by atoms with Crippen LogP contribution in [0.1, 0.15) is 19.8 Å². The molecule has 3 nitrogen and oxygen atoms in total. The maximum absolute atomic E-state index is 11.0. The van der Waals surface area contributed by atoms with Crippen LogP contribution in [0.25, 0.3) is 0 Å². The van der Waals surface area contributed by atoms with E-state index in [1.807, 2.05) is 37.4 Å². The number of hydrogen-bond donors (Lipinski definition) is 2. The topological polar surface area (TPSA) is 49.3 Å². The van der Waals surface area contributed by atoms with Gasteiger partial charge in [0, 0.05) is 10.6 Å². The molecule has 4 heteroatoms. The van der Waals surface area contributed by atoms with E-state index in [0.29, 0.717) is 6.42 Å². The van der Waals surface area contributed by atoms with Crippen LogP contribution in [0, 0.1) is 0 Å². The zero-order valence-electron chi connectivity index (χ0n) is 9.56. The molecule has 0 aliphatic heterocycles. The maximum atomic E-state index is 11.0. The average Bonchev–Trinajstić information content (AvgIpc) is 2.29. The molecular weight excluding hydrogens is 222 g/mol. The number of para-hydroxylation sites is 1. The molecule has 1 unspecified atom stereocenters. The zero-order valence-corrected chi connectivity index (χ0v) is 10.4. The van der Waals surface area contributed by atoms with Crippen molar-refractivity contribution in [1.82, 2.24) is 0 Å². The van der Waals surface area contributed by atoms with Crippen molar-refractivity contribution < 1.29 is 9.90 Å². The van der Waals surface area contributed by atoms with Gasteiger partial charge in [0.25, 0.3) is 0 Å². The normalized spacial score (nSPS) is 12.1. The van der Waals surface area contributed by atoms with Gasteiger partial charge in [-0.25, -0.2) is 4.79 Å². The smallest absolute Gasteiger partial charge is 0.326 e. The largest absolute Gasteiger partial charge is 0.480 e. The number of carboxylic acid groups (broad SMARTS) is 1. The summed E-state index contributed by atoms with van der Waals surface area (Å²) in [4.78, 5) is 12.1. The molecule has 0 bridgehead atoms. The Bertz CT molecular complexity index is 355. The van der Waals surface area contributed by atoms with Crippen molar-refractivity contribution in [3.63, 3.8) is 0 Å². The molecule has 88 valence electrons. The highest BCUT2D eigenvalue weighted by molar-refractivity contribution is 7.98. The fourth-order valence-corrected chi connectivity index (χ4v) is 2.06. The van der Waals surface area contributed by atoms with E-state index in [0.717, 1.165) is 17.0 Å². The third-order valence-corrected chi connectivity index (χ3v) is 3.11. The second-order valence-electron chi connectivity index (χ2n) is 3.52. The Labute approximate surface area is 100 Å². The predicted molar refractivity (Wildman–Crippen MR) is 68.2 cm³/mol. The first kappa shape index (κ1) is 12.9. The number of rotatable bonds is 6. The summed E-state index contributed by atoms with van der Waals surface area (Å²) in [7, 11) is 0. The van der Waals surface area contributed by atoms with Crippen LogP contribution < -0.4 is 5.32 Å². The van der Waals surface area contributed by atoms with Crippen molar-refractivity contribution in [1.29, 1.82) is 0 Å². The molecule has 0 spiro atoms.